The van der Waals surface area contributed by atoms with E-state index in [-0.39, 0.29) is 5.91 Å². The first-order valence-corrected chi connectivity index (χ1v) is 7.59. The molecule has 1 aromatic heterocycles. The average Bonchev–Trinajstić information content (AvgIpc) is 2.94. The van der Waals surface area contributed by atoms with Crippen molar-refractivity contribution in [1.29, 1.82) is 0 Å². The van der Waals surface area contributed by atoms with Gasteiger partial charge in [0.1, 0.15) is 6.04 Å². The Labute approximate surface area is 127 Å². The second-order valence-electron chi connectivity index (χ2n) is 4.80. The summed E-state index contributed by atoms with van der Waals surface area (Å²) in [5, 5.41) is 13.4. The van der Waals surface area contributed by atoms with E-state index < -0.39 is 12.0 Å². The fourth-order valence-corrected chi connectivity index (χ4v) is 2.83. The summed E-state index contributed by atoms with van der Waals surface area (Å²) in [5.74, 6) is -1.35. The van der Waals surface area contributed by atoms with Crippen LogP contribution in [0.4, 0.5) is 0 Å². The topological polar surface area (TPSA) is 66.4 Å². The van der Waals surface area contributed by atoms with Gasteiger partial charge in [-0.1, -0.05) is 36.8 Å². The van der Waals surface area contributed by atoms with Crippen LogP contribution in [0, 0.1) is 6.92 Å². The first-order valence-electron chi connectivity index (χ1n) is 6.71. The zero-order valence-electron chi connectivity index (χ0n) is 11.9. The number of hydrogen-bond acceptors (Lipinski definition) is 3. The van der Waals surface area contributed by atoms with E-state index >= 15 is 0 Å². The summed E-state index contributed by atoms with van der Waals surface area (Å²) in [4.78, 5) is 23.8. The highest BCUT2D eigenvalue weighted by molar-refractivity contribution is 7.12. The van der Waals surface area contributed by atoms with Gasteiger partial charge < -0.3 is 10.4 Å². The highest BCUT2D eigenvalue weighted by atomic mass is 32.1. The van der Waals surface area contributed by atoms with Gasteiger partial charge >= 0.3 is 5.97 Å². The molecule has 110 valence electrons. The Bertz CT molecular complexity index is 646. The Morgan fingerprint density at radius 2 is 1.90 bits per heavy atom. The van der Waals surface area contributed by atoms with Crippen molar-refractivity contribution in [3.05, 3.63) is 46.2 Å². The highest BCUT2D eigenvalue weighted by Gasteiger charge is 2.21. The van der Waals surface area contributed by atoms with E-state index in [9.17, 15) is 9.59 Å². The van der Waals surface area contributed by atoms with E-state index in [1.165, 1.54) is 11.3 Å². The molecule has 1 atom stereocenters. The van der Waals surface area contributed by atoms with Crippen molar-refractivity contribution in [2.75, 3.05) is 0 Å². The average molecular weight is 303 g/mol. The largest absolute Gasteiger partial charge is 0.480 e. The van der Waals surface area contributed by atoms with Crippen LogP contribution in [0.2, 0.25) is 0 Å². The molecule has 0 aliphatic carbocycles. The molecule has 4 nitrogen and oxygen atoms in total. The number of amides is 1. The first kappa shape index (κ1) is 15.3. The van der Waals surface area contributed by atoms with Crippen molar-refractivity contribution in [3.63, 3.8) is 0 Å². The van der Waals surface area contributed by atoms with Crippen molar-refractivity contribution >= 4 is 23.2 Å². The Morgan fingerprint density at radius 3 is 2.48 bits per heavy atom. The number of benzene rings is 1. The Kier molecular flexibility index (Phi) is 4.75. The van der Waals surface area contributed by atoms with Crippen molar-refractivity contribution in [2.45, 2.75) is 26.3 Å². The number of carbonyl (C=O) groups excluding carboxylic acids is 1. The van der Waals surface area contributed by atoms with Crippen LogP contribution in [0.15, 0.2) is 35.7 Å². The summed E-state index contributed by atoms with van der Waals surface area (Å²) >= 11 is 1.32. The normalized spacial score (nSPS) is 11.9. The van der Waals surface area contributed by atoms with Crippen LogP contribution in [0.25, 0.3) is 11.1 Å². The zero-order chi connectivity index (χ0) is 15.4. The van der Waals surface area contributed by atoms with Gasteiger partial charge in [-0.15, -0.1) is 11.3 Å². The molecule has 1 unspecified atom stereocenters. The maximum atomic E-state index is 12.3. The van der Waals surface area contributed by atoms with E-state index in [0.29, 0.717) is 11.3 Å². The minimum Gasteiger partial charge on any atom is -0.480 e. The molecule has 2 N–H and O–H groups in total. The molecule has 0 spiro atoms. The number of carboxylic acid groups (broad SMARTS) is 1. The third-order valence-electron chi connectivity index (χ3n) is 3.25. The van der Waals surface area contributed by atoms with Crippen LogP contribution < -0.4 is 5.32 Å². The minimum atomic E-state index is -1.01. The highest BCUT2D eigenvalue weighted by Crippen LogP contribution is 2.28. The molecular formula is C16H17NO3S. The first-order chi connectivity index (χ1) is 10.0. The van der Waals surface area contributed by atoms with Crippen LogP contribution >= 0.6 is 11.3 Å². The number of aliphatic carboxylic acids is 1. The molecule has 0 fully saturated rings. The predicted molar refractivity (Wildman–Crippen MR) is 83.7 cm³/mol. The lowest BCUT2D eigenvalue weighted by molar-refractivity contribution is -0.139. The van der Waals surface area contributed by atoms with E-state index in [4.69, 9.17) is 5.11 Å². The molecule has 2 rings (SSSR count). The minimum absolute atomic E-state index is 0.338. The zero-order valence-corrected chi connectivity index (χ0v) is 12.7. The fraction of sp³-hybridized carbons (Fsp3) is 0.250. The molecule has 0 aliphatic rings. The smallest absolute Gasteiger partial charge is 0.326 e. The van der Waals surface area contributed by atoms with Gasteiger partial charge in [0.25, 0.3) is 5.91 Å². The predicted octanol–water partition coefficient (Wildman–Crippen LogP) is 3.32. The Morgan fingerprint density at radius 1 is 1.24 bits per heavy atom. The number of rotatable bonds is 5. The number of aryl methyl sites for hydroxylation is 1. The summed E-state index contributed by atoms with van der Waals surface area (Å²) in [5.41, 5.74) is 2.94. The number of carboxylic acids is 1. The van der Waals surface area contributed by atoms with Crippen LogP contribution in [0.5, 0.6) is 0 Å². The molecule has 2 aromatic rings. The van der Waals surface area contributed by atoms with E-state index in [1.54, 1.807) is 6.92 Å². The van der Waals surface area contributed by atoms with Crippen LogP contribution in [-0.4, -0.2) is 23.0 Å². The van der Waals surface area contributed by atoms with Crippen LogP contribution in [0.1, 0.15) is 28.6 Å². The van der Waals surface area contributed by atoms with Crippen molar-refractivity contribution in [2.24, 2.45) is 0 Å². The molecule has 1 aromatic carbocycles. The van der Waals surface area contributed by atoms with Gasteiger partial charge in [0.05, 0.1) is 4.88 Å². The molecule has 0 aliphatic heterocycles. The van der Waals surface area contributed by atoms with E-state index in [2.05, 4.69) is 5.32 Å². The van der Waals surface area contributed by atoms with Gasteiger partial charge in [0, 0.05) is 5.56 Å². The van der Waals surface area contributed by atoms with Crippen molar-refractivity contribution in [1.82, 2.24) is 5.32 Å². The maximum absolute atomic E-state index is 12.3. The number of carbonyl (C=O) groups is 2. The van der Waals surface area contributed by atoms with Gasteiger partial charge in [-0.2, -0.15) is 0 Å². The van der Waals surface area contributed by atoms with Crippen molar-refractivity contribution in [3.8, 4) is 11.1 Å². The Balaban J connectivity index is 2.25. The molecular weight excluding hydrogens is 286 g/mol. The summed E-state index contributed by atoms with van der Waals surface area (Å²) < 4.78 is 0. The van der Waals surface area contributed by atoms with Crippen LogP contribution in [-0.2, 0) is 4.79 Å². The maximum Gasteiger partial charge on any atom is 0.326 e. The van der Waals surface area contributed by atoms with Gasteiger partial charge in [0.2, 0.25) is 0 Å². The summed E-state index contributed by atoms with van der Waals surface area (Å²) in [6.45, 7) is 3.73. The second kappa shape index (κ2) is 6.54. The third kappa shape index (κ3) is 3.49. The molecule has 5 heteroatoms. The summed E-state index contributed by atoms with van der Waals surface area (Å²) in [7, 11) is 0. The monoisotopic (exact) mass is 303 g/mol. The lowest BCUT2D eigenvalue weighted by atomic mass is 10.0. The molecule has 0 bridgehead atoms. The Hall–Kier alpha value is -2.14. The lowest BCUT2D eigenvalue weighted by Crippen LogP contribution is -2.40. The summed E-state index contributed by atoms with van der Waals surface area (Å²) in [6, 6.07) is 8.92. The molecule has 0 saturated carbocycles. The van der Waals surface area contributed by atoms with E-state index in [0.717, 1.165) is 16.7 Å². The lowest BCUT2D eigenvalue weighted by Gasteiger charge is -2.12. The molecule has 21 heavy (non-hydrogen) atoms. The SMILES string of the molecule is CCC(NC(=O)c1sccc1-c1ccc(C)cc1)C(=O)O. The fourth-order valence-electron chi connectivity index (χ4n) is 2.01. The third-order valence-corrected chi connectivity index (χ3v) is 4.16. The number of thiophene rings is 1. The number of nitrogens with one attached hydrogen (secondary N) is 1. The standard InChI is InChI=1S/C16H17NO3S/c1-3-13(16(19)20)17-15(18)14-12(8-9-21-14)11-6-4-10(2)5-7-11/h4-9,13H,3H2,1-2H3,(H,17,18)(H,19,20). The number of hydrogen-bond donors (Lipinski definition) is 2. The second-order valence-corrected chi connectivity index (χ2v) is 5.72. The molecule has 0 radical (unpaired) electrons. The van der Waals surface area contributed by atoms with Gasteiger partial charge in [-0.05, 0) is 30.4 Å². The molecule has 0 saturated heterocycles. The van der Waals surface area contributed by atoms with Gasteiger partial charge in [-0.25, -0.2) is 4.79 Å². The van der Waals surface area contributed by atoms with Gasteiger partial charge in [-0.3, -0.25) is 4.79 Å². The van der Waals surface area contributed by atoms with E-state index in [1.807, 2.05) is 42.6 Å². The quantitative estimate of drug-likeness (QED) is 0.890. The molecule has 1 amide bonds. The van der Waals surface area contributed by atoms with Crippen molar-refractivity contribution < 1.29 is 14.7 Å². The van der Waals surface area contributed by atoms with Gasteiger partial charge in [0.15, 0.2) is 0 Å². The van der Waals surface area contributed by atoms with Crippen LogP contribution in [0.3, 0.4) is 0 Å². The summed E-state index contributed by atoms with van der Waals surface area (Å²) in [6.07, 6.45) is 0.353. The molecule has 1 heterocycles.